The maximum absolute atomic E-state index is 12.1. The molecule has 1 N–H and O–H groups in total. The highest BCUT2D eigenvalue weighted by molar-refractivity contribution is 5.93. The van der Waals surface area contributed by atoms with Gasteiger partial charge < -0.3 is 23.9 Å². The molecule has 7 heteroatoms. The van der Waals surface area contributed by atoms with Crippen molar-refractivity contribution in [2.45, 2.75) is 12.2 Å². The molecule has 1 aliphatic heterocycles. The van der Waals surface area contributed by atoms with Crippen molar-refractivity contribution in [1.82, 2.24) is 4.90 Å². The van der Waals surface area contributed by atoms with Gasteiger partial charge in [0, 0.05) is 27.3 Å². The fraction of sp³-hybridized carbons (Fsp3) is 0.500. The summed E-state index contributed by atoms with van der Waals surface area (Å²) in [6.07, 6.45) is -0.384. The molecule has 1 aromatic heterocycles. The zero-order valence-electron chi connectivity index (χ0n) is 10.7. The average molecular weight is 269 g/mol. The third-order valence-electron chi connectivity index (χ3n) is 3.14. The van der Waals surface area contributed by atoms with Crippen LogP contribution in [0.4, 0.5) is 0 Å². The number of ether oxygens (including phenoxy) is 2. The third kappa shape index (κ3) is 2.61. The van der Waals surface area contributed by atoms with Crippen LogP contribution in [0, 0.1) is 0 Å². The summed E-state index contributed by atoms with van der Waals surface area (Å²) in [4.78, 5) is 24.4. The number of carboxylic acid groups (broad SMARTS) is 1. The minimum atomic E-state index is -1.20. The van der Waals surface area contributed by atoms with E-state index in [1.165, 1.54) is 17.0 Å². The SMILES string of the molecule is COC1CN(C(=O)c2ccc(C(=O)O)o2)CC1OC. The Hall–Kier alpha value is -1.86. The van der Waals surface area contributed by atoms with E-state index in [1.54, 1.807) is 14.2 Å². The lowest BCUT2D eigenvalue weighted by Crippen LogP contribution is -2.29. The van der Waals surface area contributed by atoms with Gasteiger partial charge in [0.25, 0.3) is 5.91 Å². The molecule has 7 nitrogen and oxygen atoms in total. The Labute approximate surface area is 109 Å². The van der Waals surface area contributed by atoms with E-state index in [2.05, 4.69) is 0 Å². The largest absolute Gasteiger partial charge is 0.475 e. The zero-order valence-corrected chi connectivity index (χ0v) is 10.7. The van der Waals surface area contributed by atoms with Crippen LogP contribution < -0.4 is 0 Å². The van der Waals surface area contributed by atoms with Crippen molar-refractivity contribution < 1.29 is 28.6 Å². The van der Waals surface area contributed by atoms with Gasteiger partial charge in [-0.2, -0.15) is 0 Å². The highest BCUT2D eigenvalue weighted by Crippen LogP contribution is 2.19. The fourth-order valence-corrected chi connectivity index (χ4v) is 2.09. The highest BCUT2D eigenvalue weighted by atomic mass is 16.5. The summed E-state index contributed by atoms with van der Waals surface area (Å²) in [6, 6.07) is 2.61. The molecule has 0 bridgehead atoms. The van der Waals surface area contributed by atoms with Crippen molar-refractivity contribution in [2.24, 2.45) is 0 Å². The molecule has 2 atom stereocenters. The Morgan fingerprint density at radius 3 is 2.16 bits per heavy atom. The van der Waals surface area contributed by atoms with E-state index >= 15 is 0 Å². The molecule has 2 unspecified atom stereocenters. The molecular formula is C12H15NO6. The highest BCUT2D eigenvalue weighted by Gasteiger charge is 2.36. The van der Waals surface area contributed by atoms with Gasteiger partial charge in [0.2, 0.25) is 5.76 Å². The van der Waals surface area contributed by atoms with E-state index in [1.807, 2.05) is 0 Å². The smallest absolute Gasteiger partial charge is 0.371 e. The fourth-order valence-electron chi connectivity index (χ4n) is 2.09. The minimum Gasteiger partial charge on any atom is -0.475 e. The van der Waals surface area contributed by atoms with E-state index in [0.29, 0.717) is 13.1 Å². The second-order valence-electron chi connectivity index (χ2n) is 4.23. The first kappa shape index (κ1) is 13.6. The Bertz CT molecular complexity index is 470. The van der Waals surface area contributed by atoms with Crippen LogP contribution in [0.15, 0.2) is 16.5 Å². The van der Waals surface area contributed by atoms with Gasteiger partial charge in [-0.1, -0.05) is 0 Å². The summed E-state index contributed by atoms with van der Waals surface area (Å²) < 4.78 is 15.4. The van der Waals surface area contributed by atoms with Crippen LogP contribution in [0.3, 0.4) is 0 Å². The van der Waals surface area contributed by atoms with Gasteiger partial charge in [0.1, 0.15) is 12.2 Å². The molecular weight excluding hydrogens is 254 g/mol. The maximum Gasteiger partial charge on any atom is 0.371 e. The summed E-state index contributed by atoms with van der Waals surface area (Å²) in [5.41, 5.74) is 0. The number of amides is 1. The first-order valence-electron chi connectivity index (χ1n) is 5.74. The molecule has 2 rings (SSSR count). The minimum absolute atomic E-state index is 0.00371. The molecule has 1 aliphatic rings. The third-order valence-corrected chi connectivity index (χ3v) is 3.14. The Balaban J connectivity index is 2.09. The summed E-state index contributed by atoms with van der Waals surface area (Å²) in [5, 5.41) is 8.75. The van der Waals surface area contributed by atoms with Gasteiger partial charge in [0.15, 0.2) is 5.76 Å². The van der Waals surface area contributed by atoms with Gasteiger partial charge in [-0.3, -0.25) is 4.79 Å². The van der Waals surface area contributed by atoms with Crippen molar-refractivity contribution in [2.75, 3.05) is 27.3 Å². The quantitative estimate of drug-likeness (QED) is 0.854. The van der Waals surface area contributed by atoms with Gasteiger partial charge >= 0.3 is 5.97 Å². The van der Waals surface area contributed by atoms with Crippen LogP contribution in [0.2, 0.25) is 0 Å². The van der Waals surface area contributed by atoms with E-state index in [0.717, 1.165) is 0 Å². The number of aromatic carboxylic acids is 1. The number of methoxy groups -OCH3 is 2. The second kappa shape index (κ2) is 5.41. The zero-order chi connectivity index (χ0) is 14.0. The van der Waals surface area contributed by atoms with E-state index in [9.17, 15) is 9.59 Å². The van der Waals surface area contributed by atoms with Crippen molar-refractivity contribution in [3.05, 3.63) is 23.7 Å². The first-order valence-corrected chi connectivity index (χ1v) is 5.74. The van der Waals surface area contributed by atoms with Crippen molar-refractivity contribution in [1.29, 1.82) is 0 Å². The van der Waals surface area contributed by atoms with Gasteiger partial charge in [-0.25, -0.2) is 4.79 Å². The molecule has 0 saturated carbocycles. The van der Waals surface area contributed by atoms with Crippen LogP contribution in [0.25, 0.3) is 0 Å². The number of carboxylic acids is 1. The van der Waals surface area contributed by atoms with Crippen LogP contribution in [0.5, 0.6) is 0 Å². The van der Waals surface area contributed by atoms with Gasteiger partial charge in [-0.15, -0.1) is 0 Å². The molecule has 2 heterocycles. The van der Waals surface area contributed by atoms with Crippen LogP contribution in [-0.4, -0.2) is 61.4 Å². The summed E-state index contributed by atoms with van der Waals surface area (Å²) in [7, 11) is 3.11. The Morgan fingerprint density at radius 2 is 1.74 bits per heavy atom. The summed E-state index contributed by atoms with van der Waals surface area (Å²) >= 11 is 0. The van der Waals surface area contributed by atoms with E-state index in [-0.39, 0.29) is 29.6 Å². The molecule has 0 aliphatic carbocycles. The summed E-state index contributed by atoms with van der Waals surface area (Å²) in [5.74, 6) is -1.82. The van der Waals surface area contributed by atoms with Crippen LogP contribution in [-0.2, 0) is 9.47 Å². The Morgan fingerprint density at radius 1 is 1.21 bits per heavy atom. The molecule has 104 valence electrons. The predicted molar refractivity (Wildman–Crippen MR) is 63.2 cm³/mol. The number of rotatable bonds is 4. The molecule has 0 aromatic carbocycles. The van der Waals surface area contributed by atoms with Crippen molar-refractivity contribution >= 4 is 11.9 Å². The number of likely N-dealkylation sites (tertiary alicyclic amines) is 1. The number of furan rings is 1. The average Bonchev–Trinajstić information content (AvgIpc) is 3.04. The maximum atomic E-state index is 12.1. The number of hydrogen-bond donors (Lipinski definition) is 1. The van der Waals surface area contributed by atoms with Crippen molar-refractivity contribution in [3.8, 4) is 0 Å². The van der Waals surface area contributed by atoms with Crippen LogP contribution >= 0.6 is 0 Å². The van der Waals surface area contributed by atoms with Gasteiger partial charge in [-0.05, 0) is 12.1 Å². The molecule has 1 saturated heterocycles. The number of hydrogen-bond acceptors (Lipinski definition) is 5. The first-order chi connectivity index (χ1) is 9.06. The summed E-state index contributed by atoms with van der Waals surface area (Å²) in [6.45, 7) is 0.772. The topological polar surface area (TPSA) is 89.2 Å². The van der Waals surface area contributed by atoms with E-state index < -0.39 is 5.97 Å². The van der Waals surface area contributed by atoms with Gasteiger partial charge in [0.05, 0.1) is 0 Å². The standard InChI is InChI=1S/C12H15NO6/c1-17-9-5-13(6-10(9)18-2)11(14)7-3-4-8(19-7)12(15)16/h3-4,9-10H,5-6H2,1-2H3,(H,15,16). The lowest BCUT2D eigenvalue weighted by molar-refractivity contribution is -0.00461. The second-order valence-corrected chi connectivity index (χ2v) is 4.23. The molecule has 0 spiro atoms. The molecule has 19 heavy (non-hydrogen) atoms. The molecule has 1 amide bonds. The van der Waals surface area contributed by atoms with Crippen LogP contribution in [0.1, 0.15) is 21.1 Å². The molecule has 1 aromatic rings. The molecule has 1 fully saturated rings. The Kier molecular flexibility index (Phi) is 3.87. The normalized spacial score (nSPS) is 22.7. The lowest BCUT2D eigenvalue weighted by atomic mass is 10.3. The predicted octanol–water partition coefficient (Wildman–Crippen LogP) is 0.464. The number of carbonyl (C=O) groups is 2. The molecule has 0 radical (unpaired) electrons. The number of nitrogens with zero attached hydrogens (tertiary/aromatic N) is 1. The number of carbonyl (C=O) groups excluding carboxylic acids is 1. The lowest BCUT2D eigenvalue weighted by Gasteiger charge is -2.13. The monoisotopic (exact) mass is 269 g/mol. The van der Waals surface area contributed by atoms with Crippen molar-refractivity contribution in [3.63, 3.8) is 0 Å². The van der Waals surface area contributed by atoms with E-state index in [4.69, 9.17) is 19.0 Å².